The van der Waals surface area contributed by atoms with E-state index < -0.39 is 0 Å². The van der Waals surface area contributed by atoms with E-state index >= 15 is 0 Å². The van der Waals surface area contributed by atoms with Gasteiger partial charge >= 0.3 is 0 Å². The van der Waals surface area contributed by atoms with E-state index in [1.165, 1.54) is 12.1 Å². The average molecular weight is 257 g/mol. The molecule has 16 heavy (non-hydrogen) atoms. The Hall–Kier alpha value is -1.37. The highest BCUT2D eigenvalue weighted by atomic mass is 35.5. The summed E-state index contributed by atoms with van der Waals surface area (Å²) in [5, 5.41) is 3.12. The number of anilines is 1. The summed E-state index contributed by atoms with van der Waals surface area (Å²) in [7, 11) is 0. The molecular formula is C11H10Cl2N2O. The number of hydrogen-bond donors (Lipinski definition) is 2. The monoisotopic (exact) mass is 256 g/mol. The third kappa shape index (κ3) is 3.06. The van der Waals surface area contributed by atoms with Crippen LogP contribution in [0.25, 0.3) is 0 Å². The minimum absolute atomic E-state index is 0.256. The van der Waals surface area contributed by atoms with Crippen molar-refractivity contribution in [2.24, 2.45) is 0 Å². The minimum atomic E-state index is -0.284. The van der Waals surface area contributed by atoms with Crippen molar-refractivity contribution in [2.75, 3.05) is 12.3 Å². The Morgan fingerprint density at radius 2 is 2.19 bits per heavy atom. The Morgan fingerprint density at radius 1 is 1.50 bits per heavy atom. The summed E-state index contributed by atoms with van der Waals surface area (Å²) < 4.78 is 0. The number of nitrogens with one attached hydrogen (secondary N) is 1. The molecular weight excluding hydrogens is 247 g/mol. The first-order valence-electron chi connectivity index (χ1n) is 4.48. The summed E-state index contributed by atoms with van der Waals surface area (Å²) in [6, 6.07) is 2.94. The highest BCUT2D eigenvalue weighted by molar-refractivity contribution is 6.43. The van der Waals surface area contributed by atoms with Gasteiger partial charge in [-0.2, -0.15) is 0 Å². The van der Waals surface area contributed by atoms with Crippen molar-refractivity contribution >= 4 is 34.8 Å². The summed E-state index contributed by atoms with van der Waals surface area (Å²) in [6.07, 6.45) is 0. The smallest absolute Gasteiger partial charge is 0.252 e. The van der Waals surface area contributed by atoms with E-state index in [0.29, 0.717) is 5.56 Å². The molecule has 0 aliphatic carbocycles. The maximum Gasteiger partial charge on any atom is 0.252 e. The summed E-state index contributed by atoms with van der Waals surface area (Å²) >= 11 is 11.6. The summed E-state index contributed by atoms with van der Waals surface area (Å²) in [4.78, 5) is 11.6. The van der Waals surface area contributed by atoms with Crippen molar-refractivity contribution in [2.45, 2.75) is 6.92 Å². The molecule has 0 heterocycles. The van der Waals surface area contributed by atoms with Crippen LogP contribution < -0.4 is 11.1 Å². The Kier molecular flexibility index (Phi) is 4.48. The van der Waals surface area contributed by atoms with Crippen LogP contribution in [0.15, 0.2) is 12.1 Å². The summed E-state index contributed by atoms with van der Waals surface area (Å²) in [5.74, 6) is 5.10. The van der Waals surface area contributed by atoms with Gasteiger partial charge in [-0.3, -0.25) is 4.79 Å². The highest BCUT2D eigenvalue weighted by Gasteiger charge is 2.10. The third-order valence-electron chi connectivity index (χ3n) is 1.83. The van der Waals surface area contributed by atoms with Gasteiger partial charge in [-0.15, -0.1) is 5.92 Å². The number of halogens is 2. The van der Waals surface area contributed by atoms with Gasteiger partial charge < -0.3 is 11.1 Å². The first-order chi connectivity index (χ1) is 7.56. The first-order valence-corrected chi connectivity index (χ1v) is 5.24. The molecule has 3 N–H and O–H groups in total. The Morgan fingerprint density at radius 3 is 2.75 bits per heavy atom. The van der Waals surface area contributed by atoms with Gasteiger partial charge in [0.1, 0.15) is 0 Å². The van der Waals surface area contributed by atoms with E-state index in [1.807, 2.05) is 0 Å². The zero-order valence-electron chi connectivity index (χ0n) is 8.60. The number of rotatable bonds is 2. The van der Waals surface area contributed by atoms with Crippen LogP contribution in [0.4, 0.5) is 5.69 Å². The van der Waals surface area contributed by atoms with Gasteiger partial charge in [0.2, 0.25) is 0 Å². The molecule has 0 saturated carbocycles. The predicted molar refractivity (Wildman–Crippen MR) is 66.7 cm³/mol. The molecule has 0 fully saturated rings. The van der Waals surface area contributed by atoms with Gasteiger partial charge in [-0.1, -0.05) is 29.1 Å². The molecule has 0 aliphatic heterocycles. The molecule has 0 aliphatic rings. The maximum absolute atomic E-state index is 11.6. The van der Waals surface area contributed by atoms with E-state index in [9.17, 15) is 4.79 Å². The number of carbonyl (C=O) groups is 1. The molecule has 84 valence electrons. The van der Waals surface area contributed by atoms with Gasteiger partial charge in [0, 0.05) is 5.56 Å². The van der Waals surface area contributed by atoms with Crippen molar-refractivity contribution < 1.29 is 4.79 Å². The van der Waals surface area contributed by atoms with Gasteiger partial charge in [0.15, 0.2) is 0 Å². The standard InChI is InChI=1S/C11H10Cl2N2O/c1-2-3-4-15-11(16)7-5-8(12)10(13)9(14)6-7/h5-6H,4,14H2,1H3,(H,15,16). The molecule has 0 saturated heterocycles. The predicted octanol–water partition coefficient (Wildman–Crippen LogP) is 2.33. The Labute approximate surface area is 104 Å². The second-order valence-electron chi connectivity index (χ2n) is 2.97. The van der Waals surface area contributed by atoms with Crippen LogP contribution in [0.5, 0.6) is 0 Å². The Bertz CT molecular complexity index is 452. The first kappa shape index (κ1) is 12.7. The fourth-order valence-electron chi connectivity index (χ4n) is 1.06. The molecule has 1 rings (SSSR count). The molecule has 0 spiro atoms. The topological polar surface area (TPSA) is 55.1 Å². The fraction of sp³-hybridized carbons (Fsp3) is 0.182. The van der Waals surface area contributed by atoms with E-state index in [4.69, 9.17) is 28.9 Å². The molecule has 1 amide bonds. The van der Waals surface area contributed by atoms with Crippen LogP contribution in [-0.2, 0) is 0 Å². The van der Waals surface area contributed by atoms with Crippen molar-refractivity contribution in [3.8, 4) is 11.8 Å². The van der Waals surface area contributed by atoms with Crippen molar-refractivity contribution in [1.82, 2.24) is 5.32 Å². The highest BCUT2D eigenvalue weighted by Crippen LogP contribution is 2.29. The second kappa shape index (κ2) is 5.64. The molecule has 0 aromatic heterocycles. The minimum Gasteiger partial charge on any atom is -0.397 e. The van der Waals surface area contributed by atoms with Gasteiger partial charge in [0.25, 0.3) is 5.91 Å². The van der Waals surface area contributed by atoms with Crippen LogP contribution in [0.2, 0.25) is 10.0 Å². The average Bonchev–Trinajstić information content (AvgIpc) is 2.25. The SMILES string of the molecule is CC#CCNC(=O)c1cc(N)c(Cl)c(Cl)c1. The van der Waals surface area contributed by atoms with Crippen LogP contribution in [-0.4, -0.2) is 12.5 Å². The second-order valence-corrected chi connectivity index (χ2v) is 3.76. The molecule has 0 bridgehead atoms. The van der Waals surface area contributed by atoms with Crippen molar-refractivity contribution in [3.05, 3.63) is 27.7 Å². The van der Waals surface area contributed by atoms with Gasteiger partial charge in [0.05, 0.1) is 22.3 Å². The van der Waals surface area contributed by atoms with E-state index in [-0.39, 0.29) is 28.2 Å². The molecule has 0 atom stereocenters. The van der Waals surface area contributed by atoms with E-state index in [2.05, 4.69) is 17.2 Å². The maximum atomic E-state index is 11.6. The lowest BCUT2D eigenvalue weighted by Gasteiger charge is -2.05. The lowest BCUT2D eigenvalue weighted by Crippen LogP contribution is -2.23. The summed E-state index contributed by atoms with van der Waals surface area (Å²) in [5.41, 5.74) is 6.23. The molecule has 1 aromatic rings. The zero-order chi connectivity index (χ0) is 12.1. The number of nitrogens with two attached hydrogens (primary N) is 1. The number of hydrogen-bond acceptors (Lipinski definition) is 2. The van der Waals surface area contributed by atoms with Crippen LogP contribution in [0, 0.1) is 11.8 Å². The lowest BCUT2D eigenvalue weighted by atomic mass is 10.2. The van der Waals surface area contributed by atoms with Crippen LogP contribution in [0.3, 0.4) is 0 Å². The fourth-order valence-corrected chi connectivity index (χ4v) is 1.39. The zero-order valence-corrected chi connectivity index (χ0v) is 10.1. The quantitative estimate of drug-likeness (QED) is 0.631. The van der Waals surface area contributed by atoms with Crippen molar-refractivity contribution in [1.29, 1.82) is 0 Å². The molecule has 5 heteroatoms. The van der Waals surface area contributed by atoms with Gasteiger partial charge in [-0.05, 0) is 19.1 Å². The normalized spacial score (nSPS) is 9.19. The molecule has 1 aromatic carbocycles. The number of nitrogen functional groups attached to an aromatic ring is 1. The third-order valence-corrected chi connectivity index (χ3v) is 2.65. The number of amides is 1. The van der Waals surface area contributed by atoms with E-state index in [0.717, 1.165) is 0 Å². The van der Waals surface area contributed by atoms with E-state index in [1.54, 1.807) is 6.92 Å². The summed E-state index contributed by atoms with van der Waals surface area (Å²) in [6.45, 7) is 1.98. The van der Waals surface area contributed by atoms with Crippen LogP contribution in [0.1, 0.15) is 17.3 Å². The molecule has 0 unspecified atom stereocenters. The Balaban J connectivity index is 2.87. The van der Waals surface area contributed by atoms with Gasteiger partial charge in [-0.25, -0.2) is 0 Å². The molecule has 0 radical (unpaired) electrons. The molecule has 3 nitrogen and oxygen atoms in total. The van der Waals surface area contributed by atoms with Crippen LogP contribution >= 0.6 is 23.2 Å². The number of benzene rings is 1. The van der Waals surface area contributed by atoms with Crippen molar-refractivity contribution in [3.63, 3.8) is 0 Å². The lowest BCUT2D eigenvalue weighted by molar-refractivity contribution is 0.0959. The largest absolute Gasteiger partial charge is 0.397 e. The number of carbonyl (C=O) groups excluding carboxylic acids is 1.